The van der Waals surface area contributed by atoms with Crippen molar-refractivity contribution in [2.75, 3.05) is 39.6 Å². The van der Waals surface area contributed by atoms with Crippen LogP contribution in [-0.2, 0) is 65.4 Å². The van der Waals surface area contributed by atoms with Gasteiger partial charge in [-0.15, -0.1) is 0 Å². The second-order valence-electron chi connectivity index (χ2n) is 29.4. The van der Waals surface area contributed by atoms with E-state index in [0.717, 1.165) is 95.8 Å². The van der Waals surface area contributed by atoms with Crippen molar-refractivity contribution >= 4 is 39.5 Å². The number of hydrogen-bond donors (Lipinski definition) is 3. The predicted octanol–water partition coefficient (Wildman–Crippen LogP) is 24.4. The largest absolute Gasteiger partial charge is 0.472 e. The van der Waals surface area contributed by atoms with Crippen LogP contribution in [0.5, 0.6) is 0 Å². The van der Waals surface area contributed by atoms with Crippen LogP contribution in [0, 0.1) is 5.92 Å². The quantitative estimate of drug-likeness (QED) is 0.0222. The van der Waals surface area contributed by atoms with E-state index in [1.807, 2.05) is 0 Å². The molecule has 0 bridgehead atoms. The maximum atomic E-state index is 13.1. The molecule has 0 aliphatic heterocycles. The lowest BCUT2D eigenvalue weighted by Gasteiger charge is -2.21. The van der Waals surface area contributed by atoms with Crippen molar-refractivity contribution in [2.24, 2.45) is 5.92 Å². The molecule has 0 saturated heterocycles. The number of carbonyl (C=O) groups excluding carboxylic acids is 4. The molecule has 17 nitrogen and oxygen atoms in total. The zero-order valence-electron chi connectivity index (χ0n) is 65.3. The second-order valence-corrected chi connectivity index (χ2v) is 32.3. The third kappa shape index (κ3) is 73.0. The van der Waals surface area contributed by atoms with Crippen LogP contribution in [0.1, 0.15) is 433 Å². The molecule has 0 spiro atoms. The Morgan fingerprint density at radius 2 is 0.480 bits per heavy atom. The second kappa shape index (κ2) is 73.9. The van der Waals surface area contributed by atoms with Gasteiger partial charge in [-0.05, 0) is 31.6 Å². The number of hydrogen-bond acceptors (Lipinski definition) is 15. The predicted molar refractivity (Wildman–Crippen MR) is 409 cm³/mol. The molecule has 19 heteroatoms. The van der Waals surface area contributed by atoms with Gasteiger partial charge in [0.05, 0.1) is 26.4 Å². The summed E-state index contributed by atoms with van der Waals surface area (Å²) in [5.41, 5.74) is 0. The zero-order chi connectivity index (χ0) is 73.4. The number of ether oxygens (including phenoxy) is 4. The molecular weight excluding hydrogens is 1310 g/mol. The highest BCUT2D eigenvalue weighted by molar-refractivity contribution is 7.47. The van der Waals surface area contributed by atoms with E-state index in [2.05, 4.69) is 34.6 Å². The Morgan fingerprint density at radius 1 is 0.280 bits per heavy atom. The molecule has 0 aromatic heterocycles. The maximum Gasteiger partial charge on any atom is 0.472 e. The van der Waals surface area contributed by atoms with Crippen LogP contribution < -0.4 is 0 Å². The summed E-state index contributed by atoms with van der Waals surface area (Å²) in [6.07, 6.45) is 65.2. The van der Waals surface area contributed by atoms with Gasteiger partial charge in [0.15, 0.2) is 12.2 Å². The average molecular weight is 1470 g/mol. The van der Waals surface area contributed by atoms with Crippen LogP contribution in [0.25, 0.3) is 0 Å². The molecule has 0 aliphatic rings. The molecule has 3 N–H and O–H groups in total. The fourth-order valence-corrected chi connectivity index (χ4v) is 14.1. The monoisotopic (exact) mass is 1470 g/mol. The fourth-order valence-electron chi connectivity index (χ4n) is 12.6. The molecule has 594 valence electrons. The SMILES string of the molecule is CCCCCCCCCCCCCCCCCCCCC(=O)OC[C@H](COP(=O)(O)OC[C@@H](O)COP(=O)(O)OC[C@@H](COC(=O)CCCCCCCCCC)OC(=O)CCCCCCCCCCCCCCCCCC)OC(=O)CCCCCCCCCCCCCCCCC(C)CC. The van der Waals surface area contributed by atoms with Crippen LogP contribution in [0.15, 0.2) is 0 Å². The van der Waals surface area contributed by atoms with Gasteiger partial charge in [0.2, 0.25) is 0 Å². The molecule has 0 saturated carbocycles. The Hall–Kier alpha value is -1.94. The number of rotatable bonds is 81. The standard InChI is InChI=1S/C81H158O17P2/c1-6-10-13-16-19-22-24-26-28-30-31-33-37-41-45-50-55-60-65-79(84)92-71-77(98-81(86)67-62-57-52-47-43-39-35-34-36-40-44-48-53-58-63-74(5)9-4)73-96-100(89,90)94-69-75(82)68-93-99(87,88)95-72-76(70-91-78(83)64-59-54-49-21-18-15-12-8-3)97-80(85)66-61-56-51-46-42-38-32-29-27-25-23-20-17-14-11-7-2/h74-77,82H,6-73H2,1-5H3,(H,87,88)(H,89,90)/t74?,75-,76+,77+/m0/s1. The fraction of sp³-hybridized carbons (Fsp3) is 0.951. The van der Waals surface area contributed by atoms with Crippen LogP contribution in [0.4, 0.5) is 0 Å². The highest BCUT2D eigenvalue weighted by atomic mass is 31.2. The lowest BCUT2D eigenvalue weighted by atomic mass is 9.99. The normalized spacial score (nSPS) is 14.1. The third-order valence-corrected chi connectivity index (χ3v) is 21.3. The maximum absolute atomic E-state index is 13.1. The van der Waals surface area contributed by atoms with E-state index < -0.39 is 97.5 Å². The number of unbranched alkanes of at least 4 members (excludes halogenated alkanes) is 52. The number of aliphatic hydroxyl groups is 1. The topological polar surface area (TPSA) is 237 Å². The summed E-state index contributed by atoms with van der Waals surface area (Å²) in [4.78, 5) is 72.9. The first kappa shape index (κ1) is 98.1. The Labute approximate surface area is 613 Å². The number of phosphoric acid groups is 2. The van der Waals surface area contributed by atoms with Crippen molar-refractivity contribution in [3.8, 4) is 0 Å². The molecule has 0 rings (SSSR count). The van der Waals surface area contributed by atoms with Crippen molar-refractivity contribution in [3.05, 3.63) is 0 Å². The summed E-state index contributed by atoms with van der Waals surface area (Å²) in [5.74, 6) is -1.26. The Kier molecular flexibility index (Phi) is 72.5. The van der Waals surface area contributed by atoms with E-state index in [-0.39, 0.29) is 25.7 Å². The van der Waals surface area contributed by atoms with E-state index >= 15 is 0 Å². The zero-order valence-corrected chi connectivity index (χ0v) is 67.1. The van der Waals surface area contributed by atoms with Gasteiger partial charge in [-0.25, -0.2) is 9.13 Å². The molecule has 0 aromatic rings. The summed E-state index contributed by atoms with van der Waals surface area (Å²) in [6, 6.07) is 0. The van der Waals surface area contributed by atoms with E-state index in [1.54, 1.807) is 0 Å². The van der Waals surface area contributed by atoms with Gasteiger partial charge in [-0.3, -0.25) is 37.3 Å². The molecule has 0 aliphatic carbocycles. The molecule has 0 radical (unpaired) electrons. The van der Waals surface area contributed by atoms with Crippen molar-refractivity contribution < 1.29 is 80.2 Å². The van der Waals surface area contributed by atoms with Crippen molar-refractivity contribution in [1.29, 1.82) is 0 Å². The molecule has 0 amide bonds. The van der Waals surface area contributed by atoms with Crippen LogP contribution in [-0.4, -0.2) is 96.7 Å². The minimum absolute atomic E-state index is 0.108. The number of esters is 4. The van der Waals surface area contributed by atoms with Gasteiger partial charge >= 0.3 is 39.5 Å². The molecular formula is C81H158O17P2. The van der Waals surface area contributed by atoms with Crippen LogP contribution >= 0.6 is 15.6 Å². The minimum atomic E-state index is -4.96. The Morgan fingerprint density at radius 3 is 0.710 bits per heavy atom. The van der Waals surface area contributed by atoms with Gasteiger partial charge in [0, 0.05) is 25.7 Å². The summed E-state index contributed by atoms with van der Waals surface area (Å²) in [5, 5.41) is 10.6. The van der Waals surface area contributed by atoms with Gasteiger partial charge in [0.1, 0.15) is 19.3 Å². The van der Waals surface area contributed by atoms with E-state index in [0.29, 0.717) is 25.7 Å². The van der Waals surface area contributed by atoms with Gasteiger partial charge in [-0.1, -0.05) is 381 Å². The molecule has 0 fully saturated rings. The van der Waals surface area contributed by atoms with Crippen molar-refractivity contribution in [3.63, 3.8) is 0 Å². The minimum Gasteiger partial charge on any atom is -0.462 e. The summed E-state index contributed by atoms with van der Waals surface area (Å²) in [6.45, 7) is 7.36. The number of phosphoric ester groups is 2. The van der Waals surface area contributed by atoms with E-state index in [4.69, 9.17) is 37.0 Å². The summed E-state index contributed by atoms with van der Waals surface area (Å²) < 4.78 is 68.7. The average Bonchev–Trinajstić information content (AvgIpc) is 0.951. The molecule has 3 unspecified atom stereocenters. The lowest BCUT2D eigenvalue weighted by molar-refractivity contribution is -0.161. The smallest absolute Gasteiger partial charge is 0.462 e. The first-order chi connectivity index (χ1) is 48.6. The van der Waals surface area contributed by atoms with Gasteiger partial charge < -0.3 is 33.8 Å². The van der Waals surface area contributed by atoms with Crippen molar-refractivity contribution in [1.82, 2.24) is 0 Å². The summed E-state index contributed by atoms with van der Waals surface area (Å²) >= 11 is 0. The van der Waals surface area contributed by atoms with E-state index in [1.165, 1.54) is 257 Å². The molecule has 100 heavy (non-hydrogen) atoms. The first-order valence-electron chi connectivity index (χ1n) is 42.2. The first-order valence-corrected chi connectivity index (χ1v) is 45.2. The Balaban J connectivity index is 5.20. The third-order valence-electron chi connectivity index (χ3n) is 19.4. The van der Waals surface area contributed by atoms with Crippen molar-refractivity contribution in [2.45, 2.75) is 451 Å². The van der Waals surface area contributed by atoms with Gasteiger partial charge in [-0.2, -0.15) is 0 Å². The highest BCUT2D eigenvalue weighted by Gasteiger charge is 2.30. The Bertz CT molecular complexity index is 1910. The van der Waals surface area contributed by atoms with Crippen LogP contribution in [0.2, 0.25) is 0 Å². The number of aliphatic hydroxyl groups excluding tert-OH is 1. The molecule has 6 atom stereocenters. The summed E-state index contributed by atoms with van der Waals surface area (Å²) in [7, 11) is -9.92. The van der Waals surface area contributed by atoms with E-state index in [9.17, 15) is 43.2 Å². The highest BCUT2D eigenvalue weighted by Crippen LogP contribution is 2.45. The molecule has 0 aromatic carbocycles. The number of carbonyl (C=O) groups is 4. The van der Waals surface area contributed by atoms with Gasteiger partial charge in [0.25, 0.3) is 0 Å². The molecule has 0 heterocycles. The lowest BCUT2D eigenvalue weighted by Crippen LogP contribution is -2.30. The van der Waals surface area contributed by atoms with Crippen LogP contribution in [0.3, 0.4) is 0 Å².